The van der Waals surface area contributed by atoms with E-state index in [1.165, 1.54) is 22.3 Å². The van der Waals surface area contributed by atoms with Gasteiger partial charge >= 0.3 is 0 Å². The summed E-state index contributed by atoms with van der Waals surface area (Å²) in [5.74, 6) is -0.103. The van der Waals surface area contributed by atoms with Gasteiger partial charge in [-0.3, -0.25) is 4.79 Å². The smallest absolute Gasteiger partial charge is 0.248 e. The van der Waals surface area contributed by atoms with Crippen LogP contribution in [-0.4, -0.2) is 5.91 Å². The van der Waals surface area contributed by atoms with Crippen LogP contribution in [0.15, 0.2) is 66.1 Å². The second kappa shape index (κ2) is 5.86. The summed E-state index contributed by atoms with van der Waals surface area (Å²) in [6.45, 7) is 0. The van der Waals surface area contributed by atoms with Crippen LogP contribution in [0, 0.1) is 0 Å². The fourth-order valence-electron chi connectivity index (χ4n) is 2.95. The molecule has 0 fully saturated rings. The lowest BCUT2D eigenvalue weighted by Gasteiger charge is -2.06. The molecule has 0 saturated heterocycles. The predicted molar refractivity (Wildman–Crippen MR) is 96.7 cm³/mol. The molecule has 2 aromatic carbocycles. The van der Waals surface area contributed by atoms with Crippen molar-refractivity contribution in [2.45, 2.75) is 6.42 Å². The highest BCUT2D eigenvalue weighted by molar-refractivity contribution is 7.10. The van der Waals surface area contributed by atoms with E-state index >= 15 is 0 Å². The summed E-state index contributed by atoms with van der Waals surface area (Å²) in [4.78, 5) is 13.1. The molecule has 1 N–H and O–H groups in total. The van der Waals surface area contributed by atoms with Crippen molar-refractivity contribution in [3.63, 3.8) is 0 Å². The molecule has 2 nitrogen and oxygen atoms in total. The summed E-state index contributed by atoms with van der Waals surface area (Å²) in [7, 11) is 0. The van der Waals surface area contributed by atoms with Crippen LogP contribution in [0.5, 0.6) is 0 Å². The fraction of sp³-hybridized carbons (Fsp3) is 0.0500. The van der Waals surface area contributed by atoms with Gasteiger partial charge in [-0.1, -0.05) is 36.4 Å². The van der Waals surface area contributed by atoms with Crippen LogP contribution in [0.1, 0.15) is 16.0 Å². The highest BCUT2D eigenvalue weighted by Gasteiger charge is 2.17. The summed E-state index contributed by atoms with van der Waals surface area (Å²) in [6.07, 6.45) is 4.34. The first-order chi connectivity index (χ1) is 11.3. The Morgan fingerprint density at radius 1 is 1.00 bits per heavy atom. The molecule has 3 heteroatoms. The van der Waals surface area contributed by atoms with Gasteiger partial charge in [0, 0.05) is 16.6 Å². The number of carbonyl (C=O) groups is 1. The number of hydrogen-bond acceptors (Lipinski definition) is 2. The van der Waals surface area contributed by atoms with Gasteiger partial charge in [-0.15, -0.1) is 11.3 Å². The summed E-state index contributed by atoms with van der Waals surface area (Å²) in [5, 5.41) is 4.94. The van der Waals surface area contributed by atoms with E-state index in [1.54, 1.807) is 17.4 Å². The van der Waals surface area contributed by atoms with Crippen LogP contribution in [0.2, 0.25) is 0 Å². The van der Waals surface area contributed by atoms with Crippen LogP contribution in [0.25, 0.3) is 17.2 Å². The second-order valence-electron chi connectivity index (χ2n) is 5.54. The van der Waals surface area contributed by atoms with E-state index in [1.807, 2.05) is 29.7 Å². The molecule has 0 aliphatic heterocycles. The van der Waals surface area contributed by atoms with E-state index in [9.17, 15) is 4.79 Å². The van der Waals surface area contributed by atoms with Crippen molar-refractivity contribution in [3.8, 4) is 11.1 Å². The number of nitrogens with one attached hydrogen (secondary N) is 1. The maximum atomic E-state index is 12.0. The van der Waals surface area contributed by atoms with E-state index in [0.29, 0.717) is 0 Å². The van der Waals surface area contributed by atoms with Gasteiger partial charge in [0.15, 0.2) is 0 Å². The van der Waals surface area contributed by atoms with Gasteiger partial charge < -0.3 is 5.32 Å². The Morgan fingerprint density at radius 2 is 1.87 bits per heavy atom. The average molecular weight is 317 g/mol. The largest absolute Gasteiger partial charge is 0.323 e. The van der Waals surface area contributed by atoms with Crippen molar-refractivity contribution in [2.24, 2.45) is 0 Å². The predicted octanol–water partition coefficient (Wildman–Crippen LogP) is 4.97. The number of amides is 1. The number of benzene rings is 2. The van der Waals surface area contributed by atoms with E-state index in [4.69, 9.17) is 0 Å². The van der Waals surface area contributed by atoms with Crippen molar-refractivity contribution >= 4 is 29.0 Å². The Morgan fingerprint density at radius 3 is 2.74 bits per heavy atom. The van der Waals surface area contributed by atoms with Crippen molar-refractivity contribution in [1.29, 1.82) is 0 Å². The van der Waals surface area contributed by atoms with Crippen LogP contribution < -0.4 is 5.32 Å². The van der Waals surface area contributed by atoms with Gasteiger partial charge in [-0.05, 0) is 58.3 Å². The molecule has 1 aromatic heterocycles. The monoisotopic (exact) mass is 317 g/mol. The molecule has 1 amide bonds. The molecule has 0 unspecified atom stereocenters. The van der Waals surface area contributed by atoms with E-state index in [2.05, 4.69) is 41.7 Å². The quantitative estimate of drug-likeness (QED) is 0.531. The third-order valence-corrected chi connectivity index (χ3v) is 4.84. The number of rotatable bonds is 3. The molecular weight excluding hydrogens is 302 g/mol. The molecule has 1 aliphatic rings. The lowest BCUT2D eigenvalue weighted by atomic mass is 10.1. The highest BCUT2D eigenvalue weighted by Crippen LogP contribution is 2.37. The first-order valence-electron chi connectivity index (χ1n) is 7.53. The van der Waals surface area contributed by atoms with E-state index in [0.717, 1.165) is 17.0 Å². The fourth-order valence-corrected chi connectivity index (χ4v) is 3.57. The number of thiophene rings is 1. The minimum atomic E-state index is -0.103. The third kappa shape index (κ3) is 2.83. The zero-order chi connectivity index (χ0) is 15.6. The van der Waals surface area contributed by atoms with Gasteiger partial charge in [0.2, 0.25) is 5.91 Å². The zero-order valence-corrected chi connectivity index (χ0v) is 13.3. The summed E-state index contributed by atoms with van der Waals surface area (Å²) >= 11 is 1.61. The Labute approximate surface area is 139 Å². The molecule has 0 radical (unpaired) electrons. The third-order valence-electron chi connectivity index (χ3n) is 4.00. The molecule has 4 rings (SSSR count). The summed E-state index contributed by atoms with van der Waals surface area (Å²) < 4.78 is 0. The molecule has 23 heavy (non-hydrogen) atoms. The summed E-state index contributed by atoms with van der Waals surface area (Å²) in [6, 6.07) is 18.6. The zero-order valence-electron chi connectivity index (χ0n) is 12.5. The molecule has 0 bridgehead atoms. The van der Waals surface area contributed by atoms with E-state index < -0.39 is 0 Å². The molecule has 0 saturated carbocycles. The first-order valence-corrected chi connectivity index (χ1v) is 8.41. The number of anilines is 1. The molecule has 0 atom stereocenters. The highest BCUT2D eigenvalue weighted by atomic mass is 32.1. The molecular formula is C20H15NOS. The van der Waals surface area contributed by atoms with Crippen molar-refractivity contribution < 1.29 is 4.79 Å². The van der Waals surface area contributed by atoms with Gasteiger partial charge in [-0.25, -0.2) is 0 Å². The number of carbonyl (C=O) groups excluding carboxylic acids is 1. The Hall–Kier alpha value is -2.65. The Balaban J connectivity index is 1.51. The molecule has 1 aliphatic carbocycles. The van der Waals surface area contributed by atoms with E-state index in [-0.39, 0.29) is 5.91 Å². The maximum absolute atomic E-state index is 12.0. The molecule has 112 valence electrons. The second-order valence-corrected chi connectivity index (χ2v) is 6.52. The molecule has 0 spiro atoms. The van der Waals surface area contributed by atoms with Crippen LogP contribution in [-0.2, 0) is 11.2 Å². The standard InChI is InChI=1S/C20H15NOS/c22-20(10-8-17-5-3-11-23-17)21-16-7-9-19-15(13-16)12-14-4-1-2-6-18(14)19/h1-11,13H,12H2,(H,21,22)/b10-8+. The normalized spacial score (nSPS) is 12.2. The minimum absolute atomic E-state index is 0.103. The SMILES string of the molecule is O=C(/C=C/c1cccs1)Nc1ccc2c(c1)Cc1ccccc1-2. The average Bonchev–Trinajstić information content (AvgIpc) is 3.20. The number of fused-ring (bicyclic) bond motifs is 3. The van der Waals surface area contributed by atoms with Crippen molar-refractivity contribution in [1.82, 2.24) is 0 Å². The minimum Gasteiger partial charge on any atom is -0.323 e. The first kappa shape index (κ1) is 14.0. The van der Waals surface area contributed by atoms with Gasteiger partial charge in [0.25, 0.3) is 0 Å². The lowest BCUT2D eigenvalue weighted by molar-refractivity contribution is -0.111. The van der Waals surface area contributed by atoms with Gasteiger partial charge in [-0.2, -0.15) is 0 Å². The van der Waals surface area contributed by atoms with Gasteiger partial charge in [0.1, 0.15) is 0 Å². The Kier molecular flexibility index (Phi) is 3.56. The van der Waals surface area contributed by atoms with Gasteiger partial charge in [0.05, 0.1) is 0 Å². The lowest BCUT2D eigenvalue weighted by Crippen LogP contribution is -2.07. The van der Waals surface area contributed by atoms with Crippen molar-refractivity contribution in [3.05, 3.63) is 82.1 Å². The molecule has 3 aromatic rings. The Bertz CT molecular complexity index is 894. The van der Waals surface area contributed by atoms with Crippen LogP contribution in [0.3, 0.4) is 0 Å². The maximum Gasteiger partial charge on any atom is 0.248 e. The van der Waals surface area contributed by atoms with Crippen LogP contribution >= 0.6 is 11.3 Å². The number of hydrogen-bond donors (Lipinski definition) is 1. The molecule has 1 heterocycles. The van der Waals surface area contributed by atoms with Crippen LogP contribution in [0.4, 0.5) is 5.69 Å². The summed E-state index contributed by atoms with van der Waals surface area (Å²) in [5.41, 5.74) is 6.04. The van der Waals surface area contributed by atoms with Crippen molar-refractivity contribution in [2.75, 3.05) is 5.32 Å². The topological polar surface area (TPSA) is 29.1 Å².